The molecular weight excluding hydrogens is 412 g/mol. The molecule has 0 saturated heterocycles. The van der Waals surface area contributed by atoms with Crippen molar-refractivity contribution < 1.29 is 13.2 Å². The summed E-state index contributed by atoms with van der Waals surface area (Å²) in [5.41, 5.74) is 3.29. The summed E-state index contributed by atoms with van der Waals surface area (Å²) in [6.07, 6.45) is 4.64. The molecule has 0 bridgehead atoms. The standard InChI is InChI=1S/C23H24N4O3S/c1-16(2)19-7-4-18(5-8-19)6-13-22(28)26-20-9-11-21(12-10-20)31(29,30)27-23-24-15-14-17(3)25-23/h4-16H,1-3H3,(H,26,28)(H,24,25,27). The molecule has 0 spiro atoms. The Morgan fingerprint density at radius 3 is 2.29 bits per heavy atom. The first-order chi connectivity index (χ1) is 14.7. The van der Waals surface area contributed by atoms with Gasteiger partial charge in [0.15, 0.2) is 0 Å². The number of rotatable bonds is 7. The van der Waals surface area contributed by atoms with Crippen molar-refractivity contribution in [2.75, 3.05) is 10.0 Å². The number of carbonyl (C=O) groups is 1. The van der Waals surface area contributed by atoms with Gasteiger partial charge in [-0.1, -0.05) is 38.1 Å². The summed E-state index contributed by atoms with van der Waals surface area (Å²) in [5.74, 6) is 0.145. The maximum absolute atomic E-state index is 12.5. The highest BCUT2D eigenvalue weighted by atomic mass is 32.2. The van der Waals surface area contributed by atoms with Crippen molar-refractivity contribution in [1.29, 1.82) is 0 Å². The van der Waals surface area contributed by atoms with Crippen molar-refractivity contribution in [3.8, 4) is 0 Å². The molecular formula is C23H24N4O3S. The van der Waals surface area contributed by atoms with Crippen LogP contribution >= 0.6 is 0 Å². The van der Waals surface area contributed by atoms with Crippen LogP contribution in [0.25, 0.3) is 6.08 Å². The van der Waals surface area contributed by atoms with Crippen molar-refractivity contribution in [3.63, 3.8) is 0 Å². The third-order valence-corrected chi connectivity index (χ3v) is 5.83. The average molecular weight is 437 g/mol. The second-order valence-electron chi connectivity index (χ2n) is 7.30. The van der Waals surface area contributed by atoms with Gasteiger partial charge in [-0.05, 0) is 60.4 Å². The number of anilines is 2. The number of amides is 1. The minimum atomic E-state index is -3.83. The van der Waals surface area contributed by atoms with E-state index in [0.717, 1.165) is 5.56 Å². The van der Waals surface area contributed by atoms with Gasteiger partial charge in [-0.2, -0.15) is 0 Å². The summed E-state index contributed by atoms with van der Waals surface area (Å²) in [6.45, 7) is 5.99. The summed E-state index contributed by atoms with van der Waals surface area (Å²) in [4.78, 5) is 20.1. The van der Waals surface area contributed by atoms with Crippen molar-refractivity contribution in [2.24, 2.45) is 0 Å². The number of nitrogens with one attached hydrogen (secondary N) is 2. The zero-order valence-electron chi connectivity index (χ0n) is 17.5. The predicted molar refractivity (Wildman–Crippen MR) is 122 cm³/mol. The fourth-order valence-corrected chi connectivity index (χ4v) is 3.69. The molecule has 2 N–H and O–H groups in total. The van der Waals surface area contributed by atoms with E-state index in [2.05, 4.69) is 33.9 Å². The van der Waals surface area contributed by atoms with Crippen LogP contribution in [0.3, 0.4) is 0 Å². The third kappa shape index (κ3) is 6.23. The van der Waals surface area contributed by atoms with Gasteiger partial charge in [0, 0.05) is 23.7 Å². The third-order valence-electron chi connectivity index (χ3n) is 4.48. The summed E-state index contributed by atoms with van der Waals surface area (Å²) in [7, 11) is -3.83. The highest BCUT2D eigenvalue weighted by Gasteiger charge is 2.15. The maximum Gasteiger partial charge on any atom is 0.264 e. The van der Waals surface area contributed by atoms with Crippen LogP contribution < -0.4 is 10.0 Å². The highest BCUT2D eigenvalue weighted by Crippen LogP contribution is 2.17. The molecule has 7 nitrogen and oxygen atoms in total. The molecule has 0 aliphatic heterocycles. The molecule has 1 amide bonds. The lowest BCUT2D eigenvalue weighted by Crippen LogP contribution is -2.15. The van der Waals surface area contributed by atoms with Gasteiger partial charge in [0.05, 0.1) is 4.90 Å². The number of nitrogens with zero attached hydrogens (tertiary/aromatic N) is 2. The molecule has 0 radical (unpaired) electrons. The summed E-state index contributed by atoms with van der Waals surface area (Å²) in [5, 5.41) is 2.71. The van der Waals surface area contributed by atoms with Gasteiger partial charge in [0.1, 0.15) is 0 Å². The largest absolute Gasteiger partial charge is 0.323 e. The minimum absolute atomic E-state index is 0.00365. The molecule has 2 aromatic carbocycles. The van der Waals surface area contributed by atoms with Crippen LogP contribution in [0.1, 0.15) is 36.6 Å². The van der Waals surface area contributed by atoms with E-state index in [9.17, 15) is 13.2 Å². The molecule has 1 aromatic heterocycles. The topological polar surface area (TPSA) is 101 Å². The molecule has 3 aromatic rings. The lowest BCUT2D eigenvalue weighted by atomic mass is 10.0. The zero-order valence-corrected chi connectivity index (χ0v) is 18.3. The first-order valence-corrected chi connectivity index (χ1v) is 11.2. The Bertz CT molecular complexity index is 1190. The Kier molecular flexibility index (Phi) is 6.81. The number of hydrogen-bond donors (Lipinski definition) is 2. The number of sulfonamides is 1. The summed E-state index contributed by atoms with van der Waals surface area (Å²) < 4.78 is 27.3. The fourth-order valence-electron chi connectivity index (χ4n) is 2.74. The van der Waals surface area contributed by atoms with E-state index in [1.54, 1.807) is 19.1 Å². The maximum atomic E-state index is 12.5. The number of hydrogen-bond acceptors (Lipinski definition) is 5. The predicted octanol–water partition coefficient (Wildman–Crippen LogP) is 4.36. The van der Waals surface area contributed by atoms with Crippen molar-refractivity contribution in [3.05, 3.63) is 83.7 Å². The van der Waals surface area contributed by atoms with Gasteiger partial charge in [-0.15, -0.1) is 0 Å². The Labute approximate surface area is 182 Å². The summed E-state index contributed by atoms with van der Waals surface area (Å²) in [6, 6.07) is 15.5. The van der Waals surface area contributed by atoms with Crippen molar-refractivity contribution in [1.82, 2.24) is 9.97 Å². The van der Waals surface area contributed by atoms with E-state index in [0.29, 0.717) is 17.3 Å². The molecule has 0 atom stereocenters. The van der Waals surface area contributed by atoms with Gasteiger partial charge in [-0.25, -0.2) is 23.1 Å². The van der Waals surface area contributed by atoms with E-state index in [1.807, 2.05) is 24.3 Å². The van der Waals surface area contributed by atoms with E-state index in [-0.39, 0.29) is 16.8 Å². The second kappa shape index (κ2) is 9.53. The van der Waals surface area contributed by atoms with Crippen LogP contribution in [0, 0.1) is 6.92 Å². The monoisotopic (exact) mass is 436 g/mol. The molecule has 0 aliphatic carbocycles. The Morgan fingerprint density at radius 1 is 1.00 bits per heavy atom. The van der Waals surface area contributed by atoms with Crippen LogP contribution in [0.15, 0.2) is 71.8 Å². The first kappa shape index (κ1) is 22.2. The highest BCUT2D eigenvalue weighted by molar-refractivity contribution is 7.92. The molecule has 8 heteroatoms. The minimum Gasteiger partial charge on any atom is -0.323 e. The van der Waals surface area contributed by atoms with Crippen molar-refractivity contribution >= 4 is 33.6 Å². The second-order valence-corrected chi connectivity index (χ2v) is 8.98. The summed E-state index contributed by atoms with van der Waals surface area (Å²) >= 11 is 0. The Hall–Kier alpha value is -3.52. The lowest BCUT2D eigenvalue weighted by Gasteiger charge is -2.08. The number of benzene rings is 2. The lowest BCUT2D eigenvalue weighted by molar-refractivity contribution is -0.111. The van der Waals surface area contributed by atoms with Gasteiger partial charge in [-0.3, -0.25) is 4.79 Å². The molecule has 0 aliphatic rings. The van der Waals surface area contributed by atoms with Gasteiger partial charge >= 0.3 is 0 Å². The Morgan fingerprint density at radius 2 is 1.68 bits per heavy atom. The normalized spacial score (nSPS) is 11.6. The van der Waals surface area contributed by atoms with E-state index >= 15 is 0 Å². The van der Waals surface area contributed by atoms with E-state index in [4.69, 9.17) is 0 Å². The fraction of sp³-hybridized carbons (Fsp3) is 0.174. The molecule has 3 rings (SSSR count). The molecule has 1 heterocycles. The number of aryl methyl sites for hydroxylation is 1. The van der Waals surface area contributed by atoms with Crippen LogP contribution in [-0.4, -0.2) is 24.3 Å². The van der Waals surface area contributed by atoms with Gasteiger partial charge in [0.25, 0.3) is 10.0 Å². The van der Waals surface area contributed by atoms with Crippen LogP contribution in [0.2, 0.25) is 0 Å². The zero-order chi connectivity index (χ0) is 22.4. The molecule has 31 heavy (non-hydrogen) atoms. The molecule has 0 unspecified atom stereocenters. The van der Waals surface area contributed by atoms with Gasteiger partial charge < -0.3 is 5.32 Å². The molecule has 0 saturated carbocycles. The SMILES string of the molecule is Cc1ccnc(NS(=O)(=O)c2ccc(NC(=O)C=Cc3ccc(C(C)C)cc3)cc2)n1. The average Bonchev–Trinajstić information content (AvgIpc) is 2.72. The van der Waals surface area contributed by atoms with Gasteiger partial charge in [0.2, 0.25) is 11.9 Å². The van der Waals surface area contributed by atoms with Crippen LogP contribution in [-0.2, 0) is 14.8 Å². The Balaban J connectivity index is 1.62. The molecule has 160 valence electrons. The van der Waals surface area contributed by atoms with E-state index < -0.39 is 10.0 Å². The smallest absolute Gasteiger partial charge is 0.264 e. The van der Waals surface area contributed by atoms with E-state index in [1.165, 1.54) is 42.1 Å². The first-order valence-electron chi connectivity index (χ1n) is 9.74. The number of carbonyl (C=O) groups excluding carboxylic acids is 1. The van der Waals surface area contributed by atoms with Crippen LogP contribution in [0.4, 0.5) is 11.6 Å². The van der Waals surface area contributed by atoms with Crippen LogP contribution in [0.5, 0.6) is 0 Å². The quantitative estimate of drug-likeness (QED) is 0.536. The number of aromatic nitrogens is 2. The molecule has 0 fully saturated rings. The van der Waals surface area contributed by atoms with Crippen molar-refractivity contribution in [2.45, 2.75) is 31.6 Å².